The van der Waals surface area contributed by atoms with Gasteiger partial charge in [0.2, 0.25) is 6.10 Å². The molecule has 1 amide bonds. The van der Waals surface area contributed by atoms with Gasteiger partial charge in [-0.2, -0.15) is 0 Å². The minimum Gasteiger partial charge on any atom is -0.477 e. The van der Waals surface area contributed by atoms with E-state index in [4.69, 9.17) is 9.94 Å². The molecule has 17 heavy (non-hydrogen) atoms. The molecule has 0 radical (unpaired) electrons. The lowest BCUT2D eigenvalue weighted by atomic mass is 10.1. The number of hydrogen-bond acceptors (Lipinski definition) is 4. The van der Waals surface area contributed by atoms with Gasteiger partial charge in [-0.3, -0.25) is 4.79 Å². The molecule has 0 spiro atoms. The molecule has 2 aliphatic rings. The van der Waals surface area contributed by atoms with Gasteiger partial charge < -0.3 is 14.8 Å². The molecule has 1 saturated carbocycles. The van der Waals surface area contributed by atoms with E-state index >= 15 is 0 Å². The first-order valence-corrected chi connectivity index (χ1v) is 5.51. The number of nitrogens with zero attached hydrogens (tertiary/aromatic N) is 2. The molecule has 1 aliphatic carbocycles. The van der Waals surface area contributed by atoms with E-state index in [-0.39, 0.29) is 24.1 Å². The number of carboxylic acids is 1. The largest absolute Gasteiger partial charge is 0.477 e. The summed E-state index contributed by atoms with van der Waals surface area (Å²) in [6.07, 6.45) is 2.87. The predicted octanol–water partition coefficient (Wildman–Crippen LogP) is 0.393. The third kappa shape index (κ3) is 2.46. The van der Waals surface area contributed by atoms with Crippen molar-refractivity contribution in [1.29, 1.82) is 0 Å². The van der Waals surface area contributed by atoms with Crippen LogP contribution in [0.5, 0.6) is 0 Å². The van der Waals surface area contributed by atoms with Crippen LogP contribution in [0.1, 0.15) is 19.3 Å². The molecule has 1 unspecified atom stereocenters. The van der Waals surface area contributed by atoms with Gasteiger partial charge in [0.15, 0.2) is 5.71 Å². The fourth-order valence-corrected chi connectivity index (χ4v) is 1.77. The average Bonchev–Trinajstić information content (AvgIpc) is 3.00. The van der Waals surface area contributed by atoms with Crippen LogP contribution in [0.2, 0.25) is 0 Å². The molecule has 92 valence electrons. The van der Waals surface area contributed by atoms with Gasteiger partial charge in [-0.1, -0.05) is 11.2 Å². The second kappa shape index (κ2) is 4.57. The number of carbonyl (C=O) groups excluding carboxylic acids is 1. The summed E-state index contributed by atoms with van der Waals surface area (Å²) in [5, 5.41) is 12.1. The molecule has 0 bridgehead atoms. The highest BCUT2D eigenvalue weighted by Gasteiger charge is 2.39. The molecular weight excluding hydrogens is 224 g/mol. The Bertz CT molecular complexity index is 387. The number of aliphatic carboxylic acids is 1. The van der Waals surface area contributed by atoms with E-state index in [1.54, 1.807) is 11.0 Å². The second-order valence-electron chi connectivity index (χ2n) is 4.15. The van der Waals surface area contributed by atoms with Crippen LogP contribution in [0, 0.1) is 0 Å². The summed E-state index contributed by atoms with van der Waals surface area (Å²) in [4.78, 5) is 29.3. The van der Waals surface area contributed by atoms with E-state index in [0.29, 0.717) is 6.54 Å². The smallest absolute Gasteiger partial charge is 0.353 e. The van der Waals surface area contributed by atoms with Crippen LogP contribution in [0.4, 0.5) is 0 Å². The van der Waals surface area contributed by atoms with Crippen LogP contribution < -0.4 is 0 Å². The van der Waals surface area contributed by atoms with Gasteiger partial charge in [0.25, 0.3) is 5.91 Å². The number of oxime groups is 1. The third-order valence-corrected chi connectivity index (χ3v) is 2.79. The normalized spacial score (nSPS) is 22.6. The Morgan fingerprint density at radius 1 is 1.59 bits per heavy atom. The molecule has 2 rings (SSSR count). The monoisotopic (exact) mass is 238 g/mol. The van der Waals surface area contributed by atoms with Crippen LogP contribution in [0.15, 0.2) is 17.8 Å². The van der Waals surface area contributed by atoms with E-state index in [0.717, 1.165) is 12.8 Å². The van der Waals surface area contributed by atoms with Crippen molar-refractivity contribution in [3.8, 4) is 0 Å². The van der Waals surface area contributed by atoms with Crippen molar-refractivity contribution in [2.24, 2.45) is 5.16 Å². The lowest BCUT2D eigenvalue weighted by molar-refractivity contribution is -0.142. The summed E-state index contributed by atoms with van der Waals surface area (Å²) in [5.41, 5.74) is -0.0994. The van der Waals surface area contributed by atoms with Crippen molar-refractivity contribution in [3.05, 3.63) is 12.7 Å². The minimum atomic E-state index is -1.14. The summed E-state index contributed by atoms with van der Waals surface area (Å²) in [7, 11) is 0. The molecule has 1 heterocycles. The molecule has 6 nitrogen and oxygen atoms in total. The first kappa shape index (κ1) is 11.6. The van der Waals surface area contributed by atoms with Gasteiger partial charge in [-0.05, 0) is 12.8 Å². The summed E-state index contributed by atoms with van der Waals surface area (Å²) in [5.74, 6) is -1.34. The summed E-state index contributed by atoms with van der Waals surface area (Å²) in [6, 6.07) is 0.248. The van der Waals surface area contributed by atoms with Gasteiger partial charge in [0, 0.05) is 19.0 Å². The minimum absolute atomic E-state index is 0.0362. The number of rotatable bonds is 5. The maximum atomic E-state index is 12.1. The Morgan fingerprint density at radius 3 is 2.76 bits per heavy atom. The van der Waals surface area contributed by atoms with E-state index < -0.39 is 12.1 Å². The molecule has 1 N–H and O–H groups in total. The number of carboxylic acid groups (broad SMARTS) is 1. The lowest BCUT2D eigenvalue weighted by Gasteiger charge is -2.22. The molecule has 0 aromatic rings. The molecular formula is C11H14N2O4. The molecule has 1 aliphatic heterocycles. The Balaban J connectivity index is 1.96. The fraction of sp³-hybridized carbons (Fsp3) is 0.545. The maximum absolute atomic E-state index is 12.1. The van der Waals surface area contributed by atoms with Crippen LogP contribution in [-0.4, -0.2) is 46.3 Å². The topological polar surface area (TPSA) is 79.2 Å². The molecule has 1 atom stereocenters. The van der Waals surface area contributed by atoms with Crippen molar-refractivity contribution in [2.45, 2.75) is 31.4 Å². The molecule has 0 aromatic heterocycles. The van der Waals surface area contributed by atoms with Crippen molar-refractivity contribution in [3.63, 3.8) is 0 Å². The quantitative estimate of drug-likeness (QED) is 0.703. The van der Waals surface area contributed by atoms with E-state index in [2.05, 4.69) is 11.7 Å². The first-order chi connectivity index (χ1) is 8.13. The molecule has 6 heteroatoms. The Morgan fingerprint density at radius 2 is 2.29 bits per heavy atom. The summed E-state index contributed by atoms with van der Waals surface area (Å²) < 4.78 is 0. The highest BCUT2D eigenvalue weighted by molar-refractivity contribution is 6.36. The highest BCUT2D eigenvalue weighted by atomic mass is 16.6. The predicted molar refractivity (Wildman–Crippen MR) is 59.5 cm³/mol. The van der Waals surface area contributed by atoms with Gasteiger partial charge in [0.05, 0.1) is 0 Å². The van der Waals surface area contributed by atoms with Crippen LogP contribution in [0.25, 0.3) is 0 Å². The van der Waals surface area contributed by atoms with Crippen LogP contribution in [0.3, 0.4) is 0 Å². The standard InChI is InChI=1S/C11H14N2O4/c1-2-5-13(7-3-4-7)10(14)9-6-8(11(15)16)12-17-9/h2,7,9H,1,3-6H2,(H,15,16). The number of hydrogen-bond donors (Lipinski definition) is 1. The molecule has 0 aromatic carbocycles. The first-order valence-electron chi connectivity index (χ1n) is 5.51. The highest BCUT2D eigenvalue weighted by Crippen LogP contribution is 2.28. The van der Waals surface area contributed by atoms with Crippen molar-refractivity contribution in [2.75, 3.05) is 6.54 Å². The number of carbonyl (C=O) groups is 2. The van der Waals surface area contributed by atoms with Gasteiger partial charge in [0.1, 0.15) is 0 Å². The van der Waals surface area contributed by atoms with Gasteiger partial charge in [-0.25, -0.2) is 4.79 Å². The van der Waals surface area contributed by atoms with Crippen molar-refractivity contribution >= 4 is 17.6 Å². The zero-order valence-electron chi connectivity index (χ0n) is 9.33. The number of amides is 1. The maximum Gasteiger partial charge on any atom is 0.353 e. The Labute approximate surface area is 98.5 Å². The van der Waals surface area contributed by atoms with Gasteiger partial charge >= 0.3 is 5.97 Å². The SMILES string of the molecule is C=CCN(C(=O)C1CC(C(=O)O)=NO1)C1CC1. The van der Waals surface area contributed by atoms with Crippen molar-refractivity contribution < 1.29 is 19.5 Å². The van der Waals surface area contributed by atoms with Crippen molar-refractivity contribution in [1.82, 2.24) is 4.90 Å². The second-order valence-corrected chi connectivity index (χ2v) is 4.15. The van der Waals surface area contributed by atoms with Crippen LogP contribution >= 0.6 is 0 Å². The average molecular weight is 238 g/mol. The van der Waals surface area contributed by atoms with Gasteiger partial charge in [-0.15, -0.1) is 6.58 Å². The lowest BCUT2D eigenvalue weighted by Crippen LogP contribution is -2.41. The van der Waals surface area contributed by atoms with E-state index in [1.165, 1.54) is 0 Å². The van der Waals surface area contributed by atoms with Crippen LogP contribution in [-0.2, 0) is 14.4 Å². The fourth-order valence-electron chi connectivity index (χ4n) is 1.77. The Kier molecular flexibility index (Phi) is 3.12. The summed E-state index contributed by atoms with van der Waals surface area (Å²) >= 11 is 0. The van der Waals surface area contributed by atoms with E-state index in [9.17, 15) is 9.59 Å². The zero-order valence-corrected chi connectivity index (χ0v) is 9.33. The van der Waals surface area contributed by atoms with E-state index in [1.807, 2.05) is 0 Å². The Hall–Kier alpha value is -1.85. The molecule has 0 saturated heterocycles. The third-order valence-electron chi connectivity index (χ3n) is 2.79. The summed E-state index contributed by atoms with van der Waals surface area (Å²) in [6.45, 7) is 4.07. The molecule has 1 fully saturated rings. The zero-order chi connectivity index (χ0) is 12.4.